The second kappa shape index (κ2) is 9.53. The van der Waals surface area contributed by atoms with E-state index in [4.69, 9.17) is 14.5 Å². The van der Waals surface area contributed by atoms with E-state index in [1.54, 1.807) is 14.2 Å². The van der Waals surface area contributed by atoms with Gasteiger partial charge in [-0.15, -0.1) is 0 Å². The maximum absolute atomic E-state index is 13.5. The largest absolute Gasteiger partial charge is 0.367 e. The third kappa shape index (κ3) is 6.13. The van der Waals surface area contributed by atoms with Crippen LogP contribution in [0.25, 0.3) is 0 Å². The fraction of sp³-hybridized carbons (Fsp3) is 0.720. The summed E-state index contributed by atoms with van der Waals surface area (Å²) < 4.78 is 11.6. The van der Waals surface area contributed by atoms with E-state index in [1.807, 2.05) is 59.7 Å². The zero-order chi connectivity index (χ0) is 25.4. The minimum Gasteiger partial charge on any atom is -0.367 e. The van der Waals surface area contributed by atoms with Crippen molar-refractivity contribution in [1.29, 1.82) is 0 Å². The van der Waals surface area contributed by atoms with Gasteiger partial charge in [-0.05, 0) is 53.7 Å². The number of nitrogens with one attached hydrogen (secondary N) is 2. The maximum atomic E-state index is 13.5. The average Bonchev–Trinajstić information content (AvgIpc) is 2.71. The van der Waals surface area contributed by atoms with Gasteiger partial charge in [0.1, 0.15) is 0 Å². The molecule has 0 aromatic carbocycles. The monoisotopic (exact) mass is 475 g/mol. The highest BCUT2D eigenvalue weighted by atomic mass is 16.5. The molecule has 2 unspecified atom stereocenters. The van der Waals surface area contributed by atoms with Crippen LogP contribution in [0.2, 0.25) is 0 Å². The number of aromatic nitrogens is 1. The number of ether oxygens (including phenoxy) is 2. The van der Waals surface area contributed by atoms with Gasteiger partial charge in [0.2, 0.25) is 0 Å². The smallest absolute Gasteiger partial charge is 0.253 e. The second-order valence-corrected chi connectivity index (χ2v) is 11.5. The lowest BCUT2D eigenvalue weighted by Crippen LogP contribution is -2.65. The van der Waals surface area contributed by atoms with Gasteiger partial charge in [0, 0.05) is 64.6 Å². The Balaban J connectivity index is 2.20. The molecule has 4 atom stereocenters. The number of hydrogen-bond donors (Lipinski definition) is 2. The summed E-state index contributed by atoms with van der Waals surface area (Å²) in [6.07, 6.45) is 0. The maximum Gasteiger partial charge on any atom is 0.253 e. The van der Waals surface area contributed by atoms with E-state index in [2.05, 4.69) is 20.4 Å². The molecule has 2 N–H and O–H groups in total. The molecule has 0 saturated heterocycles. The van der Waals surface area contributed by atoms with Gasteiger partial charge >= 0.3 is 0 Å². The molecule has 1 aromatic heterocycles. The summed E-state index contributed by atoms with van der Waals surface area (Å²) in [5.41, 5.74) is -1.54. The van der Waals surface area contributed by atoms with Crippen molar-refractivity contribution >= 4 is 11.8 Å². The highest BCUT2D eigenvalue weighted by Crippen LogP contribution is 2.24. The highest BCUT2D eigenvalue weighted by Gasteiger charge is 2.43. The van der Waals surface area contributed by atoms with Crippen LogP contribution in [0.15, 0.2) is 18.2 Å². The van der Waals surface area contributed by atoms with Gasteiger partial charge in [-0.3, -0.25) is 24.4 Å². The summed E-state index contributed by atoms with van der Waals surface area (Å²) in [5.74, 6) is -0.338. The fourth-order valence-corrected chi connectivity index (χ4v) is 4.89. The summed E-state index contributed by atoms with van der Waals surface area (Å²) in [5, 5.41) is 6.39. The van der Waals surface area contributed by atoms with Crippen LogP contribution in [0.4, 0.5) is 0 Å². The van der Waals surface area contributed by atoms with Crippen molar-refractivity contribution in [3.63, 3.8) is 0 Å². The first-order valence-electron chi connectivity index (χ1n) is 11.8. The van der Waals surface area contributed by atoms with Crippen molar-refractivity contribution in [3.05, 3.63) is 29.6 Å². The molecule has 0 fully saturated rings. The second-order valence-electron chi connectivity index (χ2n) is 11.5. The SMILES string of the molecule is CO[C@@]1(C)CN2Cc3cccc(n3)CN(CC(C)(C)NC1=O)C[C@](C)(OC)C(=O)NC(C)(C)C2. The number of rotatable bonds is 2. The molecule has 190 valence electrons. The summed E-state index contributed by atoms with van der Waals surface area (Å²) >= 11 is 0. The van der Waals surface area contributed by atoms with Crippen molar-refractivity contribution < 1.29 is 19.1 Å². The van der Waals surface area contributed by atoms with E-state index in [0.29, 0.717) is 39.3 Å². The molecule has 1 aromatic rings. The average molecular weight is 476 g/mol. The first-order valence-corrected chi connectivity index (χ1v) is 11.8. The minimum absolute atomic E-state index is 0.169. The fourth-order valence-electron chi connectivity index (χ4n) is 4.89. The van der Waals surface area contributed by atoms with Gasteiger partial charge in [-0.1, -0.05) is 6.07 Å². The molecule has 3 heterocycles. The van der Waals surface area contributed by atoms with Gasteiger partial charge in [0.25, 0.3) is 11.8 Å². The Morgan fingerprint density at radius 2 is 1.12 bits per heavy atom. The summed E-state index contributed by atoms with van der Waals surface area (Å²) in [7, 11) is 3.13. The van der Waals surface area contributed by atoms with Crippen LogP contribution in [0.1, 0.15) is 52.9 Å². The molecule has 2 aliphatic rings. The topological polar surface area (TPSA) is 96.0 Å². The summed E-state index contributed by atoms with van der Waals surface area (Å²) in [6, 6.07) is 6.01. The van der Waals surface area contributed by atoms with Crippen LogP contribution in [-0.2, 0) is 32.2 Å². The Morgan fingerprint density at radius 1 is 0.735 bits per heavy atom. The van der Waals surface area contributed by atoms with Crippen molar-refractivity contribution in [3.8, 4) is 0 Å². The summed E-state index contributed by atoms with van der Waals surface area (Å²) in [6.45, 7) is 14.2. The van der Waals surface area contributed by atoms with E-state index in [-0.39, 0.29) is 11.8 Å². The van der Waals surface area contributed by atoms with Crippen LogP contribution in [0.3, 0.4) is 0 Å². The van der Waals surface area contributed by atoms with Crippen LogP contribution in [0.5, 0.6) is 0 Å². The van der Waals surface area contributed by atoms with Crippen molar-refractivity contribution in [1.82, 2.24) is 25.4 Å². The number of hydrogen-bond acceptors (Lipinski definition) is 7. The first-order chi connectivity index (χ1) is 15.7. The van der Waals surface area contributed by atoms with Crippen molar-refractivity contribution in [2.75, 3.05) is 40.4 Å². The number of methoxy groups -OCH3 is 2. The number of amides is 2. The van der Waals surface area contributed by atoms with Gasteiger partial charge < -0.3 is 20.1 Å². The summed E-state index contributed by atoms with van der Waals surface area (Å²) in [4.78, 5) is 36.2. The molecule has 2 amide bonds. The van der Waals surface area contributed by atoms with E-state index in [1.165, 1.54) is 0 Å². The molecular weight excluding hydrogens is 434 g/mol. The van der Waals surface area contributed by atoms with Gasteiger partial charge in [-0.25, -0.2) is 0 Å². The Labute approximate surface area is 203 Å². The van der Waals surface area contributed by atoms with Crippen molar-refractivity contribution in [2.45, 2.75) is 76.9 Å². The zero-order valence-corrected chi connectivity index (χ0v) is 21.9. The molecule has 0 saturated carbocycles. The van der Waals surface area contributed by atoms with E-state index in [0.717, 1.165) is 11.4 Å². The molecular formula is C25H41N5O4. The number of carbonyl (C=O) groups is 2. The Hall–Kier alpha value is -2.07. The number of pyridine rings is 1. The lowest BCUT2D eigenvalue weighted by Gasteiger charge is -2.43. The molecule has 2 aliphatic heterocycles. The minimum atomic E-state index is -1.08. The highest BCUT2D eigenvalue weighted by molar-refractivity contribution is 5.86. The molecule has 0 spiro atoms. The van der Waals surface area contributed by atoms with E-state index < -0.39 is 22.3 Å². The normalized spacial score (nSPS) is 34.1. The predicted octanol–water partition coefficient (Wildman–Crippen LogP) is 1.31. The van der Waals surface area contributed by atoms with E-state index in [9.17, 15) is 9.59 Å². The van der Waals surface area contributed by atoms with Crippen LogP contribution < -0.4 is 10.6 Å². The van der Waals surface area contributed by atoms with Crippen LogP contribution >= 0.6 is 0 Å². The number of nitrogens with zero attached hydrogens (tertiary/aromatic N) is 3. The Bertz CT molecular complexity index is 851. The molecule has 9 nitrogen and oxygen atoms in total. The molecule has 4 bridgehead atoms. The lowest BCUT2D eigenvalue weighted by atomic mass is 9.95. The Morgan fingerprint density at radius 3 is 1.47 bits per heavy atom. The molecule has 0 aliphatic carbocycles. The Kier molecular flexibility index (Phi) is 7.43. The van der Waals surface area contributed by atoms with Gasteiger partial charge in [0.05, 0.1) is 11.4 Å². The predicted molar refractivity (Wildman–Crippen MR) is 130 cm³/mol. The first kappa shape index (κ1) is 26.5. The molecule has 9 heteroatoms. The zero-order valence-electron chi connectivity index (χ0n) is 21.9. The third-order valence-electron chi connectivity index (χ3n) is 6.69. The molecule has 0 radical (unpaired) electrons. The van der Waals surface area contributed by atoms with Crippen molar-refractivity contribution in [2.24, 2.45) is 0 Å². The standard InChI is InChI=1S/C25H41N5O4/c1-22(2)14-29-12-18-10-9-11-19(26-18)13-30(17-24(5,33-7)20(31)27-22)15-23(3,4)28-21(32)25(6,16-29)34-8/h9-11H,12-17H2,1-8H3,(H,27,31)(H,28,32)/t24-,25-/m0/s1. The van der Waals surface area contributed by atoms with Crippen LogP contribution in [-0.4, -0.2) is 89.3 Å². The third-order valence-corrected chi connectivity index (χ3v) is 6.69. The van der Waals surface area contributed by atoms with Gasteiger partial charge in [0.15, 0.2) is 11.2 Å². The quantitative estimate of drug-likeness (QED) is 0.666. The lowest BCUT2D eigenvalue weighted by molar-refractivity contribution is -0.150. The van der Waals surface area contributed by atoms with Crippen LogP contribution in [0, 0.1) is 0 Å². The van der Waals surface area contributed by atoms with E-state index >= 15 is 0 Å². The van der Waals surface area contributed by atoms with Gasteiger partial charge in [-0.2, -0.15) is 0 Å². The number of carbonyl (C=O) groups excluding carboxylic acids is 2. The molecule has 3 rings (SSSR count). The number of fused-ring (bicyclic) bond motifs is 2. The molecule has 34 heavy (non-hydrogen) atoms.